The molecule has 0 aliphatic heterocycles. The highest BCUT2D eigenvalue weighted by molar-refractivity contribution is 5.71. The fourth-order valence-corrected chi connectivity index (χ4v) is 7.54. The minimum Gasteiger partial charge on any atom is -0.462 e. The molecular formula is C59H102O6. The van der Waals surface area contributed by atoms with Crippen molar-refractivity contribution in [2.24, 2.45) is 0 Å². The molecule has 6 heteroatoms. The second-order valence-electron chi connectivity index (χ2n) is 18.1. The quantitative estimate of drug-likeness (QED) is 0.0262. The molecule has 0 heterocycles. The molecule has 1 atom stereocenters. The summed E-state index contributed by atoms with van der Waals surface area (Å²) in [6, 6.07) is 0. The Labute approximate surface area is 402 Å². The van der Waals surface area contributed by atoms with E-state index in [0.717, 1.165) is 116 Å². The van der Waals surface area contributed by atoms with E-state index >= 15 is 0 Å². The molecule has 0 aliphatic rings. The summed E-state index contributed by atoms with van der Waals surface area (Å²) in [4.78, 5) is 38.1. The minimum atomic E-state index is -0.791. The van der Waals surface area contributed by atoms with Gasteiger partial charge in [-0.1, -0.05) is 209 Å². The Kier molecular flexibility index (Phi) is 50.9. The minimum absolute atomic E-state index is 0.0891. The third kappa shape index (κ3) is 51.7. The first-order valence-electron chi connectivity index (χ1n) is 27.4. The van der Waals surface area contributed by atoms with E-state index in [4.69, 9.17) is 14.2 Å². The standard InChI is InChI=1S/C59H102O6/c1-4-7-10-13-16-19-22-25-28-29-32-34-37-40-43-46-49-52-58(61)64-55-56(65-59(62)53-50-47-44-41-38-35-31-27-24-21-18-15-12-9-6-3)54-63-57(60)51-48-45-42-39-36-33-30-26-23-20-17-14-11-8-5-2/h9,12,16,18-19,21,25-28,30-31,56H,4-8,10-11,13-15,17,20,22-24,29,32-55H2,1-3H3/b12-9-,19-16-,21-18-,28-25-,30-26-,31-27-. The summed E-state index contributed by atoms with van der Waals surface area (Å²) in [6.45, 7) is 6.48. The average Bonchev–Trinajstić information content (AvgIpc) is 3.30. The van der Waals surface area contributed by atoms with Gasteiger partial charge in [-0.15, -0.1) is 0 Å². The van der Waals surface area contributed by atoms with Gasteiger partial charge < -0.3 is 14.2 Å². The van der Waals surface area contributed by atoms with E-state index in [1.165, 1.54) is 109 Å². The molecular weight excluding hydrogens is 805 g/mol. The number of unbranched alkanes of at least 4 members (excludes halogenated alkanes) is 26. The number of esters is 3. The lowest BCUT2D eigenvalue weighted by molar-refractivity contribution is -0.167. The van der Waals surface area contributed by atoms with Crippen molar-refractivity contribution in [1.29, 1.82) is 0 Å². The lowest BCUT2D eigenvalue weighted by Crippen LogP contribution is -2.30. The fourth-order valence-electron chi connectivity index (χ4n) is 7.54. The Bertz CT molecular complexity index is 1230. The molecule has 0 aromatic carbocycles. The molecule has 0 amide bonds. The van der Waals surface area contributed by atoms with Crippen LogP contribution in [-0.4, -0.2) is 37.2 Å². The third-order valence-corrected chi connectivity index (χ3v) is 11.7. The van der Waals surface area contributed by atoms with Crippen LogP contribution in [-0.2, 0) is 28.6 Å². The van der Waals surface area contributed by atoms with Crippen LogP contribution < -0.4 is 0 Å². The molecule has 0 saturated heterocycles. The number of hydrogen-bond acceptors (Lipinski definition) is 6. The highest BCUT2D eigenvalue weighted by atomic mass is 16.6. The van der Waals surface area contributed by atoms with E-state index in [9.17, 15) is 14.4 Å². The van der Waals surface area contributed by atoms with Crippen LogP contribution in [0.15, 0.2) is 72.9 Å². The van der Waals surface area contributed by atoms with E-state index in [-0.39, 0.29) is 31.1 Å². The van der Waals surface area contributed by atoms with Crippen LogP contribution in [0.4, 0.5) is 0 Å². The average molecular weight is 907 g/mol. The second kappa shape index (κ2) is 53.5. The van der Waals surface area contributed by atoms with E-state index in [1.807, 2.05) is 0 Å². The van der Waals surface area contributed by atoms with Crippen LogP contribution in [0, 0.1) is 0 Å². The molecule has 6 nitrogen and oxygen atoms in total. The summed E-state index contributed by atoms with van der Waals surface area (Å²) < 4.78 is 16.8. The zero-order valence-corrected chi connectivity index (χ0v) is 42.7. The Morgan fingerprint density at radius 1 is 0.323 bits per heavy atom. The molecule has 0 radical (unpaired) electrons. The van der Waals surface area contributed by atoms with Crippen LogP contribution in [0.1, 0.15) is 265 Å². The van der Waals surface area contributed by atoms with Gasteiger partial charge in [-0.3, -0.25) is 14.4 Å². The van der Waals surface area contributed by atoms with E-state index in [1.54, 1.807) is 0 Å². The highest BCUT2D eigenvalue weighted by Gasteiger charge is 2.19. The molecule has 0 N–H and O–H groups in total. The van der Waals surface area contributed by atoms with Crippen LogP contribution in [0.2, 0.25) is 0 Å². The molecule has 0 fully saturated rings. The summed E-state index contributed by atoms with van der Waals surface area (Å²) in [5, 5.41) is 0. The molecule has 0 aromatic rings. The fraction of sp³-hybridized carbons (Fsp3) is 0.746. The maximum Gasteiger partial charge on any atom is 0.306 e. The molecule has 65 heavy (non-hydrogen) atoms. The maximum absolute atomic E-state index is 12.8. The van der Waals surface area contributed by atoms with Gasteiger partial charge in [0, 0.05) is 19.3 Å². The van der Waals surface area contributed by atoms with E-state index in [2.05, 4.69) is 93.7 Å². The van der Waals surface area contributed by atoms with Gasteiger partial charge in [0.2, 0.25) is 0 Å². The van der Waals surface area contributed by atoms with Gasteiger partial charge in [-0.25, -0.2) is 0 Å². The number of allylic oxidation sites excluding steroid dienone is 12. The predicted octanol–water partition coefficient (Wildman–Crippen LogP) is 18.2. The van der Waals surface area contributed by atoms with Gasteiger partial charge in [0.1, 0.15) is 13.2 Å². The third-order valence-electron chi connectivity index (χ3n) is 11.7. The van der Waals surface area contributed by atoms with E-state index in [0.29, 0.717) is 19.3 Å². The van der Waals surface area contributed by atoms with Gasteiger partial charge >= 0.3 is 17.9 Å². The van der Waals surface area contributed by atoms with Gasteiger partial charge in [-0.05, 0) is 109 Å². The molecule has 374 valence electrons. The van der Waals surface area contributed by atoms with Gasteiger partial charge in [0.15, 0.2) is 6.10 Å². The first-order chi connectivity index (χ1) is 32.0. The van der Waals surface area contributed by atoms with Crippen molar-refractivity contribution >= 4 is 17.9 Å². The number of carbonyl (C=O) groups is 3. The van der Waals surface area contributed by atoms with Crippen LogP contribution in [0.3, 0.4) is 0 Å². The van der Waals surface area contributed by atoms with Crippen LogP contribution >= 0.6 is 0 Å². The smallest absolute Gasteiger partial charge is 0.306 e. The van der Waals surface area contributed by atoms with Crippen molar-refractivity contribution in [3.05, 3.63) is 72.9 Å². The normalized spacial score (nSPS) is 12.6. The molecule has 0 bridgehead atoms. The first-order valence-corrected chi connectivity index (χ1v) is 27.4. The van der Waals surface area contributed by atoms with Crippen molar-refractivity contribution < 1.29 is 28.6 Å². The number of hydrogen-bond donors (Lipinski definition) is 0. The lowest BCUT2D eigenvalue weighted by Gasteiger charge is -2.18. The molecule has 0 saturated carbocycles. The van der Waals surface area contributed by atoms with Crippen LogP contribution in [0.25, 0.3) is 0 Å². The topological polar surface area (TPSA) is 78.9 Å². The summed E-state index contributed by atoms with van der Waals surface area (Å²) >= 11 is 0. The Hall–Kier alpha value is -3.15. The van der Waals surface area contributed by atoms with Crippen molar-refractivity contribution in [3.63, 3.8) is 0 Å². The molecule has 0 aromatic heterocycles. The summed E-state index contributed by atoms with van der Waals surface area (Å²) in [7, 11) is 0. The highest BCUT2D eigenvalue weighted by Crippen LogP contribution is 2.14. The molecule has 0 aliphatic carbocycles. The maximum atomic E-state index is 12.8. The van der Waals surface area contributed by atoms with Crippen molar-refractivity contribution in [2.75, 3.05) is 13.2 Å². The number of ether oxygens (including phenoxy) is 3. The van der Waals surface area contributed by atoms with Crippen molar-refractivity contribution in [3.8, 4) is 0 Å². The zero-order valence-electron chi connectivity index (χ0n) is 42.7. The van der Waals surface area contributed by atoms with Gasteiger partial charge in [-0.2, -0.15) is 0 Å². The SMILES string of the molecule is CC/C=C\C/C=C\C/C=C\CCCCCCCC(=O)OC(COC(=O)CCCCCCC/C=C\CCCCCCCC)COC(=O)CCCCCCCCC/C=C\C/C=C\CCCCC. The van der Waals surface area contributed by atoms with Crippen molar-refractivity contribution in [1.82, 2.24) is 0 Å². The first kappa shape index (κ1) is 61.9. The summed E-state index contributed by atoms with van der Waals surface area (Å²) in [6.07, 6.45) is 67.4. The van der Waals surface area contributed by atoms with Crippen molar-refractivity contribution in [2.45, 2.75) is 271 Å². The largest absolute Gasteiger partial charge is 0.462 e. The summed E-state index contributed by atoms with van der Waals surface area (Å²) in [5.41, 5.74) is 0. The lowest BCUT2D eigenvalue weighted by atomic mass is 10.1. The van der Waals surface area contributed by atoms with Crippen LogP contribution in [0.5, 0.6) is 0 Å². The van der Waals surface area contributed by atoms with Gasteiger partial charge in [0.25, 0.3) is 0 Å². The molecule has 1 unspecified atom stereocenters. The Morgan fingerprint density at radius 3 is 0.985 bits per heavy atom. The van der Waals surface area contributed by atoms with E-state index < -0.39 is 6.10 Å². The summed E-state index contributed by atoms with van der Waals surface area (Å²) in [5.74, 6) is -0.917. The molecule has 0 rings (SSSR count). The second-order valence-corrected chi connectivity index (χ2v) is 18.1. The Morgan fingerprint density at radius 2 is 0.600 bits per heavy atom. The molecule has 0 spiro atoms. The Balaban J connectivity index is 4.43. The van der Waals surface area contributed by atoms with Gasteiger partial charge in [0.05, 0.1) is 0 Å². The number of rotatable bonds is 49. The zero-order chi connectivity index (χ0) is 47.2. The monoisotopic (exact) mass is 907 g/mol. The number of carbonyl (C=O) groups excluding carboxylic acids is 3. The predicted molar refractivity (Wildman–Crippen MR) is 279 cm³/mol.